The molecule has 0 saturated heterocycles. The standard InChI is InChI=1S/C10H20N2O2/c1-7(13)4-5-12-10(14)6-9(11)8-2-3-8/h7-9,13H,2-6,11H2,1H3,(H,12,14). The highest BCUT2D eigenvalue weighted by molar-refractivity contribution is 5.76. The van der Waals surface area contributed by atoms with E-state index in [1.165, 1.54) is 12.8 Å². The first-order valence-electron chi connectivity index (χ1n) is 5.30. The van der Waals surface area contributed by atoms with E-state index < -0.39 is 0 Å². The van der Waals surface area contributed by atoms with Crippen molar-refractivity contribution in [1.82, 2.24) is 5.32 Å². The summed E-state index contributed by atoms with van der Waals surface area (Å²) in [6.45, 7) is 2.25. The summed E-state index contributed by atoms with van der Waals surface area (Å²) in [4.78, 5) is 11.3. The van der Waals surface area contributed by atoms with E-state index in [1.54, 1.807) is 6.92 Å². The molecule has 0 heterocycles. The molecular formula is C10H20N2O2. The maximum absolute atomic E-state index is 11.3. The van der Waals surface area contributed by atoms with Crippen LogP contribution in [-0.2, 0) is 4.79 Å². The number of carbonyl (C=O) groups is 1. The minimum atomic E-state index is -0.354. The van der Waals surface area contributed by atoms with Crippen LogP contribution < -0.4 is 11.1 Å². The smallest absolute Gasteiger partial charge is 0.221 e. The molecule has 82 valence electrons. The van der Waals surface area contributed by atoms with Crippen molar-refractivity contribution in [3.05, 3.63) is 0 Å². The fourth-order valence-electron chi connectivity index (χ4n) is 1.40. The van der Waals surface area contributed by atoms with E-state index >= 15 is 0 Å². The molecule has 1 saturated carbocycles. The zero-order chi connectivity index (χ0) is 10.6. The second-order valence-electron chi connectivity index (χ2n) is 4.19. The van der Waals surface area contributed by atoms with Gasteiger partial charge in [-0.3, -0.25) is 4.79 Å². The number of rotatable bonds is 6. The van der Waals surface area contributed by atoms with Crippen LogP contribution in [0, 0.1) is 5.92 Å². The maximum Gasteiger partial charge on any atom is 0.221 e. The Morgan fingerprint density at radius 2 is 2.29 bits per heavy atom. The molecule has 1 aliphatic rings. The van der Waals surface area contributed by atoms with Gasteiger partial charge in [0.05, 0.1) is 6.10 Å². The van der Waals surface area contributed by atoms with Crippen molar-refractivity contribution in [3.8, 4) is 0 Å². The van der Waals surface area contributed by atoms with Crippen LogP contribution in [0.1, 0.15) is 32.6 Å². The molecule has 0 aromatic rings. The fourth-order valence-corrected chi connectivity index (χ4v) is 1.40. The first kappa shape index (κ1) is 11.5. The third kappa shape index (κ3) is 4.58. The molecule has 1 amide bonds. The van der Waals surface area contributed by atoms with Crippen LogP contribution in [0.3, 0.4) is 0 Å². The lowest BCUT2D eigenvalue weighted by molar-refractivity contribution is -0.121. The summed E-state index contributed by atoms with van der Waals surface area (Å²) in [5.74, 6) is 0.572. The molecule has 4 N–H and O–H groups in total. The van der Waals surface area contributed by atoms with Crippen molar-refractivity contribution < 1.29 is 9.90 Å². The summed E-state index contributed by atoms with van der Waals surface area (Å²) in [6, 6.07) is 0.0292. The average molecular weight is 200 g/mol. The van der Waals surface area contributed by atoms with Crippen molar-refractivity contribution >= 4 is 5.91 Å². The van der Waals surface area contributed by atoms with Crippen LogP contribution in [0.25, 0.3) is 0 Å². The molecule has 4 nitrogen and oxygen atoms in total. The summed E-state index contributed by atoms with van der Waals surface area (Å²) < 4.78 is 0. The second-order valence-corrected chi connectivity index (χ2v) is 4.19. The normalized spacial score (nSPS) is 20.2. The Kier molecular flexibility index (Phi) is 4.35. The molecule has 0 spiro atoms. The van der Waals surface area contributed by atoms with Crippen molar-refractivity contribution in [3.63, 3.8) is 0 Å². The predicted octanol–water partition coefficient (Wildman–Crippen LogP) is 0.000900. The molecule has 4 heteroatoms. The topological polar surface area (TPSA) is 75.3 Å². The Morgan fingerprint density at radius 3 is 2.79 bits per heavy atom. The van der Waals surface area contributed by atoms with Gasteiger partial charge in [-0.05, 0) is 32.1 Å². The summed E-state index contributed by atoms with van der Waals surface area (Å²) in [7, 11) is 0. The highest BCUT2D eigenvalue weighted by Crippen LogP contribution is 2.32. The Labute approximate surface area is 84.9 Å². The quantitative estimate of drug-likeness (QED) is 0.565. The number of hydrogen-bond acceptors (Lipinski definition) is 3. The van der Waals surface area contributed by atoms with Gasteiger partial charge in [-0.2, -0.15) is 0 Å². The molecule has 0 bridgehead atoms. The number of nitrogens with one attached hydrogen (secondary N) is 1. The minimum Gasteiger partial charge on any atom is -0.393 e. The van der Waals surface area contributed by atoms with Gasteiger partial charge in [-0.15, -0.1) is 0 Å². The molecule has 1 aliphatic carbocycles. The van der Waals surface area contributed by atoms with Crippen molar-refractivity contribution in [1.29, 1.82) is 0 Å². The molecular weight excluding hydrogens is 180 g/mol. The van der Waals surface area contributed by atoms with Gasteiger partial charge in [0.1, 0.15) is 0 Å². The zero-order valence-corrected chi connectivity index (χ0v) is 8.70. The van der Waals surface area contributed by atoms with Crippen LogP contribution in [0.2, 0.25) is 0 Å². The van der Waals surface area contributed by atoms with Crippen LogP contribution in [0.15, 0.2) is 0 Å². The third-order valence-electron chi connectivity index (χ3n) is 2.53. The van der Waals surface area contributed by atoms with Gasteiger partial charge in [-0.25, -0.2) is 0 Å². The van der Waals surface area contributed by atoms with Gasteiger partial charge in [0.25, 0.3) is 0 Å². The number of hydrogen-bond donors (Lipinski definition) is 3. The highest BCUT2D eigenvalue weighted by atomic mass is 16.3. The zero-order valence-electron chi connectivity index (χ0n) is 8.70. The van der Waals surface area contributed by atoms with Gasteiger partial charge in [-0.1, -0.05) is 0 Å². The largest absolute Gasteiger partial charge is 0.393 e. The minimum absolute atomic E-state index is 0.00468. The van der Waals surface area contributed by atoms with E-state index in [-0.39, 0.29) is 18.1 Å². The van der Waals surface area contributed by atoms with Crippen molar-refractivity contribution in [2.75, 3.05) is 6.54 Å². The van der Waals surface area contributed by atoms with Gasteiger partial charge < -0.3 is 16.2 Å². The SMILES string of the molecule is CC(O)CCNC(=O)CC(N)C1CC1. The number of aliphatic hydroxyl groups is 1. The van der Waals surface area contributed by atoms with E-state index in [0.29, 0.717) is 25.3 Å². The Morgan fingerprint density at radius 1 is 1.64 bits per heavy atom. The lowest BCUT2D eigenvalue weighted by Gasteiger charge is -2.10. The van der Waals surface area contributed by atoms with Gasteiger partial charge in [0.2, 0.25) is 5.91 Å². The molecule has 0 aromatic heterocycles. The Hall–Kier alpha value is -0.610. The van der Waals surface area contributed by atoms with Gasteiger partial charge in [0, 0.05) is 19.0 Å². The molecule has 2 atom stereocenters. The third-order valence-corrected chi connectivity index (χ3v) is 2.53. The van der Waals surface area contributed by atoms with Gasteiger partial charge >= 0.3 is 0 Å². The molecule has 1 rings (SSSR count). The predicted molar refractivity (Wildman–Crippen MR) is 54.6 cm³/mol. The van der Waals surface area contributed by atoms with E-state index in [2.05, 4.69) is 5.32 Å². The fraction of sp³-hybridized carbons (Fsp3) is 0.900. The summed E-state index contributed by atoms with van der Waals surface area (Å²) in [6.07, 6.45) is 3.01. The highest BCUT2D eigenvalue weighted by Gasteiger charge is 2.29. The number of amides is 1. The molecule has 1 fully saturated rings. The second kappa shape index (κ2) is 5.32. The average Bonchev–Trinajstić information content (AvgIpc) is 2.84. The van der Waals surface area contributed by atoms with E-state index in [4.69, 9.17) is 10.8 Å². The van der Waals surface area contributed by atoms with Crippen LogP contribution in [0.4, 0.5) is 0 Å². The van der Waals surface area contributed by atoms with E-state index in [0.717, 1.165) is 0 Å². The molecule has 2 unspecified atom stereocenters. The van der Waals surface area contributed by atoms with Gasteiger partial charge in [0.15, 0.2) is 0 Å². The summed E-state index contributed by atoms with van der Waals surface area (Å²) in [5, 5.41) is 11.7. The number of nitrogens with two attached hydrogens (primary N) is 1. The summed E-state index contributed by atoms with van der Waals surface area (Å²) in [5.41, 5.74) is 5.80. The Balaban J connectivity index is 2.03. The number of carbonyl (C=O) groups excluding carboxylic acids is 1. The lowest BCUT2D eigenvalue weighted by Crippen LogP contribution is -2.34. The summed E-state index contributed by atoms with van der Waals surface area (Å²) >= 11 is 0. The van der Waals surface area contributed by atoms with Crippen molar-refractivity contribution in [2.45, 2.75) is 44.8 Å². The van der Waals surface area contributed by atoms with Crippen molar-refractivity contribution in [2.24, 2.45) is 11.7 Å². The maximum atomic E-state index is 11.3. The van der Waals surface area contributed by atoms with E-state index in [1.807, 2.05) is 0 Å². The first-order chi connectivity index (χ1) is 6.59. The molecule has 14 heavy (non-hydrogen) atoms. The number of aliphatic hydroxyl groups excluding tert-OH is 1. The molecule has 0 aliphatic heterocycles. The molecule has 0 radical (unpaired) electrons. The van der Waals surface area contributed by atoms with Crippen LogP contribution in [-0.4, -0.2) is 29.7 Å². The Bertz CT molecular complexity index is 191. The van der Waals surface area contributed by atoms with Crippen LogP contribution >= 0.6 is 0 Å². The first-order valence-corrected chi connectivity index (χ1v) is 5.30. The molecule has 0 aromatic carbocycles. The van der Waals surface area contributed by atoms with E-state index in [9.17, 15) is 4.79 Å². The van der Waals surface area contributed by atoms with Crippen LogP contribution in [0.5, 0.6) is 0 Å². The monoisotopic (exact) mass is 200 g/mol. The lowest BCUT2D eigenvalue weighted by atomic mass is 10.1.